The van der Waals surface area contributed by atoms with Gasteiger partial charge in [0, 0.05) is 37.8 Å². The van der Waals surface area contributed by atoms with E-state index in [1.807, 2.05) is 0 Å². The fraction of sp³-hybridized carbons (Fsp3) is 0.435. The van der Waals surface area contributed by atoms with Crippen molar-refractivity contribution in [2.24, 2.45) is 13.0 Å². The summed E-state index contributed by atoms with van der Waals surface area (Å²) in [5.74, 6) is -4.94. The molecule has 218 valence electrons. The number of aryl methyl sites for hydroxylation is 1. The Kier molecular flexibility index (Phi) is 7.94. The molecule has 0 bridgehead atoms. The maximum atomic E-state index is 13.6. The molecule has 17 heteroatoms. The van der Waals surface area contributed by atoms with E-state index in [2.05, 4.69) is 26.0 Å². The zero-order valence-corrected chi connectivity index (χ0v) is 23.6. The number of benzene rings is 1. The summed E-state index contributed by atoms with van der Waals surface area (Å²) in [7, 11) is -2.94. The second kappa shape index (κ2) is 10.7. The lowest BCUT2D eigenvalue weighted by molar-refractivity contribution is -0.162. The molecule has 2 aromatic rings. The highest BCUT2D eigenvalue weighted by Crippen LogP contribution is 2.40. The van der Waals surface area contributed by atoms with Crippen LogP contribution in [0.3, 0.4) is 0 Å². The van der Waals surface area contributed by atoms with E-state index < -0.39 is 57.7 Å². The first kappa shape index (κ1) is 29.8. The summed E-state index contributed by atoms with van der Waals surface area (Å²) in [6.45, 7) is 1.51. The average Bonchev–Trinajstić information content (AvgIpc) is 3.35. The molecule has 1 unspecified atom stereocenters. The van der Waals surface area contributed by atoms with E-state index in [4.69, 9.17) is 4.74 Å². The fourth-order valence-electron chi connectivity index (χ4n) is 4.41. The smallest absolute Gasteiger partial charge is 0.408 e. The van der Waals surface area contributed by atoms with Crippen LogP contribution in [-0.4, -0.2) is 73.6 Å². The van der Waals surface area contributed by atoms with Gasteiger partial charge in [0.1, 0.15) is 16.5 Å². The van der Waals surface area contributed by atoms with Gasteiger partial charge in [-0.05, 0) is 53.5 Å². The summed E-state index contributed by atoms with van der Waals surface area (Å²) < 4.78 is 88.3. The molecule has 1 aromatic carbocycles. The topological polar surface area (TPSA) is 139 Å². The molecule has 3 heterocycles. The maximum Gasteiger partial charge on any atom is 0.408 e. The van der Waals surface area contributed by atoms with Crippen LogP contribution in [0.2, 0.25) is 0 Å². The normalized spacial score (nSPS) is 20.9. The molecule has 3 atom stereocenters. The van der Waals surface area contributed by atoms with E-state index in [1.54, 1.807) is 5.32 Å². The van der Waals surface area contributed by atoms with Crippen LogP contribution in [0.25, 0.3) is 0 Å². The summed E-state index contributed by atoms with van der Waals surface area (Å²) in [6, 6.07) is 0.703. The summed E-state index contributed by atoms with van der Waals surface area (Å²) in [4.78, 5) is 38.5. The first-order chi connectivity index (χ1) is 18.5. The number of alkyl halides is 3. The van der Waals surface area contributed by atoms with Crippen molar-refractivity contribution in [3.8, 4) is 5.75 Å². The second-order valence-corrected chi connectivity index (χ2v) is 11.9. The number of nitrogens with one attached hydrogen (secondary N) is 3. The van der Waals surface area contributed by atoms with E-state index >= 15 is 0 Å². The lowest BCUT2D eigenvalue weighted by Gasteiger charge is -2.23. The van der Waals surface area contributed by atoms with Crippen molar-refractivity contribution in [3.63, 3.8) is 0 Å². The summed E-state index contributed by atoms with van der Waals surface area (Å²) in [5.41, 5.74) is 0.362. The summed E-state index contributed by atoms with van der Waals surface area (Å²) in [5, 5.41) is 4.17. The lowest BCUT2D eigenvalue weighted by atomic mass is 10.1. The Labute approximate surface area is 234 Å². The number of carbonyl (C=O) groups excluding carboxylic acids is 3. The van der Waals surface area contributed by atoms with Crippen molar-refractivity contribution >= 4 is 49.4 Å². The van der Waals surface area contributed by atoms with Gasteiger partial charge in [0.05, 0.1) is 6.61 Å². The Morgan fingerprint density at radius 3 is 2.52 bits per heavy atom. The van der Waals surface area contributed by atoms with Gasteiger partial charge in [0.2, 0.25) is 10.0 Å². The minimum Gasteiger partial charge on any atom is -0.489 e. The predicted octanol–water partition coefficient (Wildman–Crippen LogP) is 2.05. The van der Waals surface area contributed by atoms with E-state index in [0.717, 1.165) is 4.90 Å². The minimum absolute atomic E-state index is 0.0136. The molecule has 1 aromatic heterocycles. The Balaban J connectivity index is 1.58. The first-order valence-electron chi connectivity index (χ1n) is 11.8. The molecular formula is C23H24BrF4N5O6S. The number of sulfonamides is 1. The van der Waals surface area contributed by atoms with Crippen molar-refractivity contribution < 1.29 is 45.1 Å². The zero-order valence-electron chi connectivity index (χ0n) is 21.2. The monoisotopic (exact) mass is 653 g/mol. The van der Waals surface area contributed by atoms with Crippen molar-refractivity contribution in [3.05, 3.63) is 39.9 Å². The predicted molar refractivity (Wildman–Crippen MR) is 136 cm³/mol. The van der Waals surface area contributed by atoms with Crippen molar-refractivity contribution in [1.29, 1.82) is 0 Å². The number of nitrogens with zero attached hydrogens (tertiary/aromatic N) is 2. The third kappa shape index (κ3) is 5.67. The number of amides is 3. The fourth-order valence-corrected chi connectivity index (χ4v) is 6.95. The molecule has 0 radical (unpaired) electrons. The molecule has 2 aliphatic rings. The number of ether oxygens (including phenoxy) is 1. The average molecular weight is 654 g/mol. The van der Waals surface area contributed by atoms with Crippen LogP contribution in [0, 0.1) is 18.7 Å². The molecule has 0 aliphatic carbocycles. The van der Waals surface area contributed by atoms with Gasteiger partial charge < -0.3 is 24.8 Å². The van der Waals surface area contributed by atoms with E-state index in [1.165, 1.54) is 36.7 Å². The number of rotatable bonds is 3. The van der Waals surface area contributed by atoms with Gasteiger partial charge in [-0.2, -0.15) is 13.2 Å². The van der Waals surface area contributed by atoms with Gasteiger partial charge in [-0.1, -0.05) is 0 Å². The highest BCUT2D eigenvalue weighted by atomic mass is 79.9. The first-order valence-corrected chi connectivity index (χ1v) is 14.1. The van der Waals surface area contributed by atoms with Gasteiger partial charge in [-0.3, -0.25) is 14.4 Å². The van der Waals surface area contributed by atoms with Crippen LogP contribution in [0.15, 0.2) is 27.7 Å². The molecule has 3 amide bonds. The number of carbonyl (C=O) groups is 3. The molecule has 3 N–H and O–H groups in total. The molecule has 4 rings (SSSR count). The van der Waals surface area contributed by atoms with Crippen LogP contribution in [-0.2, 0) is 26.7 Å². The molecule has 11 nitrogen and oxygen atoms in total. The van der Waals surface area contributed by atoms with E-state index in [0.29, 0.717) is 6.92 Å². The third-order valence-corrected chi connectivity index (χ3v) is 9.37. The number of hydrogen-bond acceptors (Lipinski definition) is 6. The van der Waals surface area contributed by atoms with Gasteiger partial charge >= 0.3 is 18.0 Å². The van der Waals surface area contributed by atoms with E-state index in [9.17, 15) is 40.4 Å². The van der Waals surface area contributed by atoms with Gasteiger partial charge in [-0.15, -0.1) is 0 Å². The summed E-state index contributed by atoms with van der Waals surface area (Å²) >= 11 is 3.19. The van der Waals surface area contributed by atoms with Crippen molar-refractivity contribution in [2.75, 3.05) is 25.0 Å². The van der Waals surface area contributed by atoms with Crippen LogP contribution in [0.1, 0.15) is 23.0 Å². The Bertz CT molecular complexity index is 1500. The van der Waals surface area contributed by atoms with Gasteiger partial charge in [0.25, 0.3) is 5.91 Å². The Hall–Kier alpha value is -3.18. The highest BCUT2D eigenvalue weighted by molar-refractivity contribution is 9.10. The number of likely N-dealkylation sites (tertiary alicyclic amines) is 1. The number of anilines is 1. The third-order valence-electron chi connectivity index (χ3n) is 6.65. The largest absolute Gasteiger partial charge is 0.489 e. The standard InChI is InChI=1S/C23H24BrF4N5O6S/c1-10-6-13(4-5-14(10)25)30-20(34)16-17-18(19(24)32(16)3)40(37,38)31-15-8-33(7-12(15)9-39-17)22(36)21(35)29-11(2)23(26,27)28/h4-6,11-12,15,31H,7-9H2,1-3H3,(H,29,35)(H,30,34)/t11?,12-,15-/m0/s1. The number of hydrogen-bond donors (Lipinski definition) is 3. The second-order valence-electron chi connectivity index (χ2n) is 9.52. The molecule has 0 spiro atoms. The zero-order chi connectivity index (χ0) is 29.7. The summed E-state index contributed by atoms with van der Waals surface area (Å²) in [6.07, 6.45) is -4.76. The Morgan fingerprint density at radius 2 is 1.90 bits per heavy atom. The quantitative estimate of drug-likeness (QED) is 0.342. The lowest BCUT2D eigenvalue weighted by Crippen LogP contribution is -2.50. The molecule has 40 heavy (non-hydrogen) atoms. The number of fused-ring (bicyclic) bond motifs is 2. The molecule has 0 saturated carbocycles. The Morgan fingerprint density at radius 1 is 1.23 bits per heavy atom. The minimum atomic E-state index is -4.76. The molecular weight excluding hydrogens is 630 g/mol. The van der Waals surface area contributed by atoms with Crippen LogP contribution in [0.5, 0.6) is 5.75 Å². The van der Waals surface area contributed by atoms with Crippen molar-refractivity contribution in [1.82, 2.24) is 19.5 Å². The number of aromatic nitrogens is 1. The van der Waals surface area contributed by atoms with Crippen LogP contribution < -0.4 is 20.1 Å². The van der Waals surface area contributed by atoms with Crippen LogP contribution >= 0.6 is 15.9 Å². The van der Waals surface area contributed by atoms with Gasteiger partial charge in [0.15, 0.2) is 16.3 Å². The molecule has 1 saturated heterocycles. The highest BCUT2D eigenvalue weighted by Gasteiger charge is 2.45. The van der Waals surface area contributed by atoms with E-state index in [-0.39, 0.29) is 51.9 Å². The molecule has 2 aliphatic heterocycles. The number of halogens is 5. The molecule has 1 fully saturated rings. The van der Waals surface area contributed by atoms with Crippen molar-refractivity contribution in [2.45, 2.75) is 37.0 Å². The van der Waals surface area contributed by atoms with Crippen LogP contribution in [0.4, 0.5) is 23.2 Å². The SMILES string of the molecule is Cc1cc(NC(=O)c2c3c(c(Br)n2C)S(=O)(=O)N[C@H]2CN(C(=O)C(=O)NC(C)C(F)(F)F)C[C@H]2CO3)ccc1F. The van der Waals surface area contributed by atoms with Gasteiger partial charge in [-0.25, -0.2) is 17.5 Å². The maximum absolute atomic E-state index is 13.6.